The highest BCUT2D eigenvalue weighted by Gasteiger charge is 2.45. The van der Waals surface area contributed by atoms with E-state index < -0.39 is 17.7 Å². The molecule has 1 aliphatic heterocycles. The third kappa shape index (κ3) is 5.57. The molecule has 1 fully saturated rings. The average Bonchev–Trinajstić information content (AvgIpc) is 3.47. The Labute approximate surface area is 222 Å². The predicted molar refractivity (Wildman–Crippen MR) is 144 cm³/mol. The van der Waals surface area contributed by atoms with Gasteiger partial charge >= 0.3 is 0 Å². The minimum atomic E-state index is -0.720. The molecule has 3 aromatic rings. The first-order chi connectivity index (χ1) is 17.6. The number of imidazole rings is 1. The SMILES string of the molecule is CCOc1ccc(C(O)=C2C(=O)C(=O)N(CCCn3ccnc3)[C@@H]2c2ccc(C(C)(C)C)cc2)cc1Cl. The summed E-state index contributed by atoms with van der Waals surface area (Å²) in [6.07, 6.45) is 5.89. The number of amides is 1. The van der Waals surface area contributed by atoms with E-state index in [4.69, 9.17) is 16.3 Å². The van der Waals surface area contributed by atoms with E-state index in [1.807, 2.05) is 42.0 Å². The molecule has 7 nitrogen and oxygen atoms in total. The molecule has 1 saturated heterocycles. The van der Waals surface area contributed by atoms with Crippen molar-refractivity contribution >= 4 is 29.1 Å². The van der Waals surface area contributed by atoms with Gasteiger partial charge in [-0.2, -0.15) is 0 Å². The number of likely N-dealkylation sites (tertiary alicyclic amines) is 1. The average molecular weight is 522 g/mol. The van der Waals surface area contributed by atoms with Gasteiger partial charge in [0.15, 0.2) is 0 Å². The zero-order valence-corrected chi connectivity index (χ0v) is 22.3. The van der Waals surface area contributed by atoms with E-state index in [9.17, 15) is 14.7 Å². The van der Waals surface area contributed by atoms with Gasteiger partial charge in [0.05, 0.1) is 29.6 Å². The molecule has 0 unspecified atom stereocenters. The summed E-state index contributed by atoms with van der Waals surface area (Å²) in [6.45, 7) is 9.66. The number of hydrogen-bond donors (Lipinski definition) is 1. The zero-order valence-electron chi connectivity index (χ0n) is 21.6. The van der Waals surface area contributed by atoms with Crippen LogP contribution < -0.4 is 4.74 Å². The summed E-state index contributed by atoms with van der Waals surface area (Å²) in [5, 5.41) is 11.6. The van der Waals surface area contributed by atoms with Gasteiger partial charge in [-0.05, 0) is 48.1 Å². The van der Waals surface area contributed by atoms with Crippen LogP contribution >= 0.6 is 11.6 Å². The van der Waals surface area contributed by atoms with Crippen molar-refractivity contribution in [3.8, 4) is 5.75 Å². The van der Waals surface area contributed by atoms with Crippen LogP contribution in [0.3, 0.4) is 0 Å². The summed E-state index contributed by atoms with van der Waals surface area (Å²) >= 11 is 6.36. The van der Waals surface area contributed by atoms with Crippen molar-refractivity contribution in [1.29, 1.82) is 0 Å². The number of benzene rings is 2. The van der Waals surface area contributed by atoms with E-state index in [0.717, 1.165) is 11.1 Å². The van der Waals surface area contributed by atoms with E-state index in [-0.39, 0.29) is 16.7 Å². The van der Waals surface area contributed by atoms with Gasteiger partial charge in [-0.25, -0.2) is 4.98 Å². The minimum absolute atomic E-state index is 0.0514. The van der Waals surface area contributed by atoms with Gasteiger partial charge in [0.2, 0.25) is 0 Å². The number of ether oxygens (including phenoxy) is 1. The van der Waals surface area contributed by atoms with Crippen LogP contribution in [0.4, 0.5) is 0 Å². The number of Topliss-reactive ketones (excluding diaryl/α,β-unsaturated/α-hetero) is 1. The lowest BCUT2D eigenvalue weighted by Gasteiger charge is -2.26. The fourth-order valence-electron chi connectivity index (χ4n) is 4.54. The van der Waals surface area contributed by atoms with E-state index in [1.165, 1.54) is 0 Å². The molecule has 1 amide bonds. The van der Waals surface area contributed by atoms with Crippen molar-refractivity contribution in [2.24, 2.45) is 0 Å². The number of carbonyl (C=O) groups is 2. The normalized spacial score (nSPS) is 17.4. The van der Waals surface area contributed by atoms with Crippen LogP contribution in [0.5, 0.6) is 5.75 Å². The lowest BCUT2D eigenvalue weighted by molar-refractivity contribution is -0.139. The largest absolute Gasteiger partial charge is 0.507 e. The van der Waals surface area contributed by atoms with Crippen LogP contribution in [0.15, 0.2) is 66.8 Å². The highest BCUT2D eigenvalue weighted by Crippen LogP contribution is 2.41. The zero-order chi connectivity index (χ0) is 26.7. The van der Waals surface area contributed by atoms with Gasteiger partial charge in [-0.15, -0.1) is 0 Å². The van der Waals surface area contributed by atoms with E-state index in [2.05, 4.69) is 25.8 Å². The Balaban J connectivity index is 1.75. The molecule has 37 heavy (non-hydrogen) atoms. The number of aliphatic hydroxyl groups excluding tert-OH is 1. The Hall–Kier alpha value is -3.58. The van der Waals surface area contributed by atoms with Crippen molar-refractivity contribution in [2.45, 2.75) is 52.1 Å². The molecule has 4 rings (SSSR count). The lowest BCUT2D eigenvalue weighted by atomic mass is 9.85. The maximum atomic E-state index is 13.3. The first kappa shape index (κ1) is 26.5. The molecule has 1 atom stereocenters. The van der Waals surface area contributed by atoms with Crippen LogP contribution in [0, 0.1) is 0 Å². The second kappa shape index (κ2) is 10.8. The van der Waals surface area contributed by atoms with Gasteiger partial charge in [0.25, 0.3) is 11.7 Å². The topological polar surface area (TPSA) is 84.7 Å². The van der Waals surface area contributed by atoms with E-state index in [1.54, 1.807) is 35.6 Å². The highest BCUT2D eigenvalue weighted by atomic mass is 35.5. The van der Waals surface area contributed by atoms with Crippen molar-refractivity contribution < 1.29 is 19.4 Å². The fourth-order valence-corrected chi connectivity index (χ4v) is 4.78. The summed E-state index contributed by atoms with van der Waals surface area (Å²) in [5.74, 6) is -1.12. The number of carbonyl (C=O) groups excluding carboxylic acids is 2. The summed E-state index contributed by atoms with van der Waals surface area (Å²) in [7, 11) is 0. The van der Waals surface area contributed by atoms with Crippen LogP contribution in [-0.4, -0.2) is 44.4 Å². The quantitative estimate of drug-likeness (QED) is 0.232. The van der Waals surface area contributed by atoms with Gasteiger partial charge in [0.1, 0.15) is 11.5 Å². The first-order valence-electron chi connectivity index (χ1n) is 12.4. The molecular formula is C29H32ClN3O4. The van der Waals surface area contributed by atoms with E-state index in [0.29, 0.717) is 42.5 Å². The molecule has 8 heteroatoms. The fraction of sp³-hybridized carbons (Fsp3) is 0.345. The van der Waals surface area contributed by atoms with Gasteiger partial charge in [-0.1, -0.05) is 56.6 Å². The summed E-state index contributed by atoms with van der Waals surface area (Å²) in [5.41, 5.74) is 2.24. The molecule has 194 valence electrons. The second-order valence-electron chi connectivity index (χ2n) is 10.1. The van der Waals surface area contributed by atoms with Gasteiger partial charge in [0, 0.05) is 31.0 Å². The Bertz CT molecular complexity index is 1310. The predicted octanol–water partition coefficient (Wildman–Crippen LogP) is 5.74. The maximum Gasteiger partial charge on any atom is 0.295 e. The van der Waals surface area contributed by atoms with Gasteiger partial charge in [-0.3, -0.25) is 9.59 Å². The van der Waals surface area contributed by atoms with Crippen molar-refractivity contribution in [2.75, 3.05) is 13.2 Å². The van der Waals surface area contributed by atoms with Crippen LogP contribution in [-0.2, 0) is 21.5 Å². The number of halogens is 1. The number of hydrogen-bond acceptors (Lipinski definition) is 5. The summed E-state index contributed by atoms with van der Waals surface area (Å²) in [4.78, 5) is 32.1. The summed E-state index contributed by atoms with van der Waals surface area (Å²) in [6, 6.07) is 12.0. The number of aryl methyl sites for hydroxylation is 1. The summed E-state index contributed by atoms with van der Waals surface area (Å²) < 4.78 is 7.41. The number of rotatable bonds is 8. The van der Waals surface area contributed by atoms with Gasteiger partial charge < -0.3 is 19.3 Å². The third-order valence-corrected chi connectivity index (χ3v) is 6.81. The molecule has 0 bridgehead atoms. The van der Waals surface area contributed by atoms with Crippen molar-refractivity contribution in [3.05, 3.63) is 88.5 Å². The molecule has 0 radical (unpaired) electrons. The Morgan fingerprint density at radius 2 is 1.84 bits per heavy atom. The van der Waals surface area contributed by atoms with E-state index >= 15 is 0 Å². The highest BCUT2D eigenvalue weighted by molar-refractivity contribution is 6.46. The molecule has 1 aromatic heterocycles. The Kier molecular flexibility index (Phi) is 7.73. The number of nitrogens with zero attached hydrogens (tertiary/aromatic N) is 3. The Morgan fingerprint density at radius 1 is 1.11 bits per heavy atom. The van der Waals surface area contributed by atoms with Crippen LogP contribution in [0.25, 0.3) is 5.76 Å². The third-order valence-electron chi connectivity index (χ3n) is 6.51. The first-order valence-corrected chi connectivity index (χ1v) is 12.8. The number of aromatic nitrogens is 2. The smallest absolute Gasteiger partial charge is 0.295 e. The molecule has 0 spiro atoms. The number of ketones is 1. The molecule has 1 N–H and O–H groups in total. The number of aliphatic hydroxyl groups is 1. The van der Waals surface area contributed by atoms with Crippen molar-refractivity contribution in [1.82, 2.24) is 14.5 Å². The molecule has 0 saturated carbocycles. The lowest BCUT2D eigenvalue weighted by Crippen LogP contribution is -2.31. The standard InChI is InChI=1S/C29H32ClN3O4/c1-5-37-23-12-9-20(17-22(23)30)26(34)24-25(19-7-10-21(11-8-19)29(2,3)4)33(28(36)27(24)35)15-6-14-32-16-13-31-18-32/h7-13,16-18,25,34H,5-6,14-15H2,1-4H3/t25-/m1/s1. The second-order valence-corrected chi connectivity index (χ2v) is 10.5. The van der Waals surface area contributed by atoms with Crippen molar-refractivity contribution in [3.63, 3.8) is 0 Å². The van der Waals surface area contributed by atoms with Crippen LogP contribution in [0.2, 0.25) is 5.02 Å². The maximum absolute atomic E-state index is 13.3. The molecule has 2 aromatic carbocycles. The molecule has 2 heterocycles. The monoisotopic (exact) mass is 521 g/mol. The molecular weight excluding hydrogens is 490 g/mol. The molecule has 1 aliphatic rings. The molecule has 0 aliphatic carbocycles. The minimum Gasteiger partial charge on any atom is -0.507 e. The van der Waals surface area contributed by atoms with Crippen LogP contribution in [0.1, 0.15) is 56.8 Å². The Morgan fingerprint density at radius 3 is 2.43 bits per heavy atom.